The number of hydrogen-bond donors (Lipinski definition) is 1. The van der Waals surface area contributed by atoms with Crippen LogP contribution in [-0.2, 0) is 9.16 Å². The van der Waals surface area contributed by atoms with E-state index in [0.717, 1.165) is 0 Å². The van der Waals surface area contributed by atoms with Crippen molar-refractivity contribution in [2.45, 2.75) is 51.4 Å². The van der Waals surface area contributed by atoms with E-state index >= 15 is 0 Å². The van der Waals surface area contributed by atoms with Gasteiger partial charge in [0.15, 0.2) is 0 Å². The van der Waals surface area contributed by atoms with Crippen LogP contribution in [0.2, 0.25) is 5.04 Å². The SMILES string of the molecule is C=C[C@H](C)[C@H](O)C[C@@H](CO[Si](c1ccccc1)(c1ccccc1)C(C)(C)C)OC. The van der Waals surface area contributed by atoms with Crippen LogP contribution < -0.4 is 10.4 Å². The number of aliphatic hydroxyl groups is 1. The topological polar surface area (TPSA) is 38.7 Å². The van der Waals surface area contributed by atoms with Gasteiger partial charge in [0.25, 0.3) is 8.32 Å². The summed E-state index contributed by atoms with van der Waals surface area (Å²) >= 11 is 0. The molecule has 29 heavy (non-hydrogen) atoms. The molecule has 158 valence electrons. The van der Waals surface area contributed by atoms with Crippen LogP contribution in [-0.4, -0.2) is 39.3 Å². The molecule has 0 aliphatic carbocycles. The lowest BCUT2D eigenvalue weighted by atomic mass is 10.00. The lowest BCUT2D eigenvalue weighted by molar-refractivity contribution is 0.00492. The molecule has 0 aliphatic rings. The van der Waals surface area contributed by atoms with E-state index < -0.39 is 14.4 Å². The molecule has 0 saturated carbocycles. The third-order valence-electron chi connectivity index (χ3n) is 5.72. The number of aliphatic hydroxyl groups excluding tert-OH is 1. The van der Waals surface area contributed by atoms with Crippen LogP contribution in [0.1, 0.15) is 34.1 Å². The van der Waals surface area contributed by atoms with Crippen molar-refractivity contribution in [3.05, 3.63) is 73.3 Å². The highest BCUT2D eigenvalue weighted by molar-refractivity contribution is 6.99. The molecule has 2 aromatic rings. The second-order valence-corrected chi connectivity index (χ2v) is 13.0. The molecule has 0 bridgehead atoms. The Bertz CT molecular complexity index is 700. The van der Waals surface area contributed by atoms with Crippen LogP contribution in [0.25, 0.3) is 0 Å². The summed E-state index contributed by atoms with van der Waals surface area (Å²) in [6, 6.07) is 21.1. The van der Waals surface area contributed by atoms with Crippen LogP contribution in [0.5, 0.6) is 0 Å². The number of methoxy groups -OCH3 is 1. The van der Waals surface area contributed by atoms with Gasteiger partial charge < -0.3 is 14.3 Å². The minimum absolute atomic E-state index is 0.0144. The molecule has 0 saturated heterocycles. The average molecular weight is 413 g/mol. The highest BCUT2D eigenvalue weighted by Crippen LogP contribution is 2.37. The lowest BCUT2D eigenvalue weighted by Gasteiger charge is -2.43. The Balaban J connectivity index is 2.41. The number of benzene rings is 2. The second kappa shape index (κ2) is 10.3. The average Bonchev–Trinajstić information content (AvgIpc) is 2.73. The van der Waals surface area contributed by atoms with Crippen LogP contribution in [0.3, 0.4) is 0 Å². The molecular formula is C25H36O3Si. The van der Waals surface area contributed by atoms with Gasteiger partial charge in [0.05, 0.1) is 18.8 Å². The summed E-state index contributed by atoms with van der Waals surface area (Å²) in [4.78, 5) is 0. The van der Waals surface area contributed by atoms with Gasteiger partial charge in [-0.25, -0.2) is 0 Å². The fourth-order valence-corrected chi connectivity index (χ4v) is 8.44. The monoisotopic (exact) mass is 412 g/mol. The molecule has 3 atom stereocenters. The smallest absolute Gasteiger partial charge is 0.261 e. The summed E-state index contributed by atoms with van der Waals surface area (Å²) < 4.78 is 12.6. The molecule has 2 rings (SSSR count). The van der Waals surface area contributed by atoms with Gasteiger partial charge in [-0.2, -0.15) is 0 Å². The third kappa shape index (κ3) is 5.46. The largest absolute Gasteiger partial charge is 0.405 e. The molecule has 0 amide bonds. The third-order valence-corrected chi connectivity index (χ3v) is 10.7. The lowest BCUT2D eigenvalue weighted by Crippen LogP contribution is -2.67. The zero-order valence-corrected chi connectivity index (χ0v) is 19.5. The van der Waals surface area contributed by atoms with Crippen LogP contribution in [0.4, 0.5) is 0 Å². The highest BCUT2D eigenvalue weighted by Gasteiger charge is 2.50. The van der Waals surface area contributed by atoms with Crippen molar-refractivity contribution in [2.75, 3.05) is 13.7 Å². The van der Waals surface area contributed by atoms with Crippen molar-refractivity contribution in [3.63, 3.8) is 0 Å². The summed E-state index contributed by atoms with van der Waals surface area (Å²) in [5.41, 5.74) is 0. The van der Waals surface area contributed by atoms with Gasteiger partial charge in [-0.15, -0.1) is 6.58 Å². The molecule has 0 fully saturated rings. The Morgan fingerprint density at radius 1 is 1.00 bits per heavy atom. The first-order valence-corrected chi connectivity index (χ1v) is 12.3. The van der Waals surface area contributed by atoms with Crippen molar-refractivity contribution in [1.82, 2.24) is 0 Å². The molecule has 0 heterocycles. The van der Waals surface area contributed by atoms with E-state index in [-0.39, 0.29) is 17.1 Å². The zero-order valence-electron chi connectivity index (χ0n) is 18.5. The molecule has 4 heteroatoms. The summed E-state index contributed by atoms with van der Waals surface area (Å²) in [7, 11) is -0.911. The minimum Gasteiger partial charge on any atom is -0.405 e. The van der Waals surface area contributed by atoms with Gasteiger partial charge in [-0.3, -0.25) is 0 Å². The van der Waals surface area contributed by atoms with Gasteiger partial charge >= 0.3 is 0 Å². The molecule has 0 aromatic heterocycles. The number of hydrogen-bond acceptors (Lipinski definition) is 3. The van der Waals surface area contributed by atoms with Crippen LogP contribution >= 0.6 is 0 Å². The van der Waals surface area contributed by atoms with E-state index in [2.05, 4.69) is 75.9 Å². The van der Waals surface area contributed by atoms with Gasteiger partial charge in [0.2, 0.25) is 0 Å². The van der Waals surface area contributed by atoms with Crippen LogP contribution in [0, 0.1) is 5.92 Å². The van der Waals surface area contributed by atoms with Gasteiger partial charge in [0, 0.05) is 13.5 Å². The minimum atomic E-state index is -2.60. The van der Waals surface area contributed by atoms with Crippen molar-refractivity contribution >= 4 is 18.7 Å². The maximum atomic E-state index is 10.4. The first kappa shape index (κ1) is 23.6. The van der Waals surface area contributed by atoms with Crippen molar-refractivity contribution < 1.29 is 14.3 Å². The van der Waals surface area contributed by atoms with Crippen molar-refractivity contribution in [1.29, 1.82) is 0 Å². The molecule has 3 nitrogen and oxygen atoms in total. The van der Waals surface area contributed by atoms with Crippen molar-refractivity contribution in [3.8, 4) is 0 Å². The highest BCUT2D eigenvalue weighted by atomic mass is 28.4. The van der Waals surface area contributed by atoms with E-state index in [0.29, 0.717) is 13.0 Å². The summed E-state index contributed by atoms with van der Waals surface area (Å²) in [5.74, 6) is 0.0144. The Morgan fingerprint density at radius 2 is 1.48 bits per heavy atom. The Morgan fingerprint density at radius 3 is 1.86 bits per heavy atom. The maximum absolute atomic E-state index is 10.4. The zero-order chi connectivity index (χ0) is 21.5. The Hall–Kier alpha value is -1.72. The standard InChI is InChI=1S/C25H36O3Si/c1-7-20(2)24(26)18-21(27-6)19-28-29(25(3,4)5,22-14-10-8-11-15-22)23-16-12-9-13-17-23/h7-17,20-21,24,26H,1,18-19H2,2-6H3/t20-,21-,24+/m0/s1. The maximum Gasteiger partial charge on any atom is 0.261 e. The molecule has 0 aliphatic heterocycles. The summed E-state index contributed by atoms with van der Waals surface area (Å²) in [6.45, 7) is 13.0. The predicted molar refractivity (Wildman–Crippen MR) is 124 cm³/mol. The Kier molecular flexibility index (Phi) is 8.41. The number of ether oxygens (including phenoxy) is 1. The quantitative estimate of drug-likeness (QED) is 0.471. The van der Waals surface area contributed by atoms with Crippen molar-refractivity contribution in [2.24, 2.45) is 5.92 Å². The van der Waals surface area contributed by atoms with Gasteiger partial charge in [-0.1, -0.05) is 94.4 Å². The summed E-state index contributed by atoms with van der Waals surface area (Å²) in [6.07, 6.45) is 1.61. The first-order chi connectivity index (χ1) is 13.8. The van der Waals surface area contributed by atoms with E-state index in [1.165, 1.54) is 10.4 Å². The van der Waals surface area contributed by atoms with E-state index in [4.69, 9.17) is 9.16 Å². The predicted octanol–water partition coefficient (Wildman–Crippen LogP) is 4.15. The van der Waals surface area contributed by atoms with E-state index in [1.54, 1.807) is 13.2 Å². The fourth-order valence-electron chi connectivity index (χ4n) is 3.85. The second-order valence-electron chi connectivity index (χ2n) is 8.73. The summed E-state index contributed by atoms with van der Waals surface area (Å²) in [5, 5.41) is 12.9. The molecule has 1 N–H and O–H groups in total. The first-order valence-electron chi connectivity index (χ1n) is 10.3. The molecule has 0 radical (unpaired) electrons. The number of rotatable bonds is 10. The normalized spacial score (nSPS) is 15.5. The fraction of sp³-hybridized carbons (Fsp3) is 0.440. The van der Waals surface area contributed by atoms with E-state index in [1.807, 2.05) is 19.1 Å². The Labute approximate surface area is 177 Å². The molecule has 0 spiro atoms. The molecule has 0 unspecified atom stereocenters. The van der Waals surface area contributed by atoms with Gasteiger partial charge in [0.1, 0.15) is 0 Å². The molecular weight excluding hydrogens is 376 g/mol. The van der Waals surface area contributed by atoms with Gasteiger partial charge in [-0.05, 0) is 21.3 Å². The van der Waals surface area contributed by atoms with Crippen LogP contribution in [0.15, 0.2) is 73.3 Å². The van der Waals surface area contributed by atoms with E-state index in [9.17, 15) is 5.11 Å². The molecule has 2 aromatic carbocycles.